The summed E-state index contributed by atoms with van der Waals surface area (Å²) in [6.07, 6.45) is 1.32. The number of rotatable bonds is 1. The Hall–Kier alpha value is -2.62. The van der Waals surface area contributed by atoms with Crippen LogP contribution in [0, 0.1) is 11.2 Å². The molecule has 2 aromatic carbocycles. The molecule has 1 aliphatic carbocycles. The number of Topliss-reactive ketones (excluding diaryl/α,β-unsaturated/α-hetero) is 1. The number of anilines is 2. The van der Waals surface area contributed by atoms with Crippen LogP contribution in [0.2, 0.25) is 0 Å². The van der Waals surface area contributed by atoms with Gasteiger partial charge in [-0.3, -0.25) is 4.79 Å². The number of ketones is 1. The van der Waals surface area contributed by atoms with Crippen LogP contribution in [0.1, 0.15) is 38.3 Å². The summed E-state index contributed by atoms with van der Waals surface area (Å²) in [5.41, 5.74) is 4.45. The summed E-state index contributed by atoms with van der Waals surface area (Å²) in [6, 6.07) is 14.0. The van der Waals surface area contributed by atoms with E-state index in [1.54, 1.807) is 12.1 Å². The molecule has 128 valence electrons. The second-order valence-electron chi connectivity index (χ2n) is 7.63. The first-order chi connectivity index (χ1) is 11.9. The van der Waals surface area contributed by atoms with Crippen molar-refractivity contribution in [1.29, 1.82) is 0 Å². The van der Waals surface area contributed by atoms with Gasteiger partial charge in [0, 0.05) is 17.7 Å². The van der Waals surface area contributed by atoms with Crippen molar-refractivity contribution in [2.45, 2.75) is 32.7 Å². The minimum Gasteiger partial charge on any atom is -0.372 e. The molecule has 0 spiro atoms. The van der Waals surface area contributed by atoms with Gasteiger partial charge in [0.05, 0.1) is 17.4 Å². The normalized spacial score (nSPS) is 21.6. The number of benzene rings is 2. The Morgan fingerprint density at radius 3 is 2.40 bits per heavy atom. The number of halogens is 1. The quantitative estimate of drug-likeness (QED) is 0.766. The standard InChI is InChI=1S/C21H21FN2O/c1-21(2)11-17-19(18(25)12-21)20(13-7-9-14(22)10-8-13)24-16-6-4-3-5-15(16)23-17/h3-10,20,23-24H,11-12H2,1-2H3. The number of hydrogen-bond acceptors (Lipinski definition) is 3. The molecule has 2 aliphatic rings. The van der Waals surface area contributed by atoms with Gasteiger partial charge >= 0.3 is 0 Å². The summed E-state index contributed by atoms with van der Waals surface area (Å²) < 4.78 is 13.4. The van der Waals surface area contributed by atoms with E-state index in [1.807, 2.05) is 24.3 Å². The molecule has 25 heavy (non-hydrogen) atoms. The number of carbonyl (C=O) groups excluding carboxylic acids is 1. The molecule has 2 N–H and O–H groups in total. The number of para-hydroxylation sites is 2. The van der Waals surface area contributed by atoms with Crippen molar-refractivity contribution in [3.63, 3.8) is 0 Å². The zero-order chi connectivity index (χ0) is 17.6. The molecule has 0 aromatic heterocycles. The van der Waals surface area contributed by atoms with E-state index in [4.69, 9.17) is 0 Å². The average Bonchev–Trinajstić information content (AvgIpc) is 2.70. The Morgan fingerprint density at radius 1 is 1.00 bits per heavy atom. The van der Waals surface area contributed by atoms with Gasteiger partial charge in [-0.2, -0.15) is 0 Å². The molecule has 1 heterocycles. The topological polar surface area (TPSA) is 41.1 Å². The molecule has 0 radical (unpaired) electrons. The number of fused-ring (bicyclic) bond motifs is 1. The maximum absolute atomic E-state index is 13.4. The largest absolute Gasteiger partial charge is 0.372 e. The maximum Gasteiger partial charge on any atom is 0.163 e. The van der Waals surface area contributed by atoms with Crippen LogP contribution in [-0.4, -0.2) is 5.78 Å². The molecule has 0 fully saturated rings. The Labute approximate surface area is 146 Å². The highest BCUT2D eigenvalue weighted by molar-refractivity contribution is 6.01. The third-order valence-electron chi connectivity index (χ3n) is 4.92. The Morgan fingerprint density at radius 2 is 1.68 bits per heavy atom. The molecule has 0 bridgehead atoms. The smallest absolute Gasteiger partial charge is 0.163 e. The first-order valence-corrected chi connectivity index (χ1v) is 8.57. The molecule has 0 saturated heterocycles. The minimum atomic E-state index is -0.282. The lowest BCUT2D eigenvalue weighted by molar-refractivity contribution is -0.118. The van der Waals surface area contributed by atoms with Crippen molar-refractivity contribution >= 4 is 17.2 Å². The van der Waals surface area contributed by atoms with E-state index in [2.05, 4.69) is 24.5 Å². The molecular formula is C21H21FN2O. The lowest BCUT2D eigenvalue weighted by atomic mass is 9.73. The minimum absolute atomic E-state index is 0.0739. The van der Waals surface area contributed by atoms with Crippen LogP contribution in [-0.2, 0) is 4.79 Å². The van der Waals surface area contributed by atoms with Crippen LogP contribution in [0.5, 0.6) is 0 Å². The van der Waals surface area contributed by atoms with Crippen molar-refractivity contribution in [1.82, 2.24) is 0 Å². The molecule has 4 heteroatoms. The van der Waals surface area contributed by atoms with Gasteiger partial charge < -0.3 is 10.6 Å². The predicted molar refractivity (Wildman–Crippen MR) is 97.9 cm³/mol. The van der Waals surface area contributed by atoms with Crippen LogP contribution in [0.25, 0.3) is 0 Å². The fraction of sp³-hybridized carbons (Fsp3) is 0.286. The zero-order valence-electron chi connectivity index (χ0n) is 14.4. The van der Waals surface area contributed by atoms with E-state index in [-0.39, 0.29) is 23.1 Å². The van der Waals surface area contributed by atoms with E-state index < -0.39 is 0 Å². The summed E-state index contributed by atoms with van der Waals surface area (Å²) in [5, 5.41) is 6.97. The van der Waals surface area contributed by atoms with E-state index in [0.29, 0.717) is 6.42 Å². The Balaban J connectivity index is 1.88. The van der Waals surface area contributed by atoms with Gasteiger partial charge in [-0.25, -0.2) is 4.39 Å². The second kappa shape index (κ2) is 5.73. The summed E-state index contributed by atoms with van der Waals surface area (Å²) >= 11 is 0. The number of carbonyl (C=O) groups is 1. The molecule has 0 amide bonds. The fourth-order valence-corrected chi connectivity index (χ4v) is 3.79. The first-order valence-electron chi connectivity index (χ1n) is 8.57. The summed E-state index contributed by atoms with van der Waals surface area (Å²) in [4.78, 5) is 13.0. The summed E-state index contributed by atoms with van der Waals surface area (Å²) in [5.74, 6) is -0.130. The van der Waals surface area contributed by atoms with Crippen LogP contribution < -0.4 is 10.6 Å². The highest BCUT2D eigenvalue weighted by Gasteiger charge is 2.38. The molecule has 4 rings (SSSR count). The van der Waals surface area contributed by atoms with Gasteiger partial charge in [0.1, 0.15) is 5.82 Å². The Bertz CT molecular complexity index is 868. The summed E-state index contributed by atoms with van der Waals surface area (Å²) in [7, 11) is 0. The molecular weight excluding hydrogens is 315 g/mol. The van der Waals surface area contributed by atoms with Crippen molar-refractivity contribution in [2.24, 2.45) is 5.41 Å². The van der Waals surface area contributed by atoms with Gasteiger partial charge in [0.2, 0.25) is 0 Å². The first kappa shape index (κ1) is 15.9. The number of nitrogens with one attached hydrogen (secondary N) is 2. The monoisotopic (exact) mass is 336 g/mol. The van der Waals surface area contributed by atoms with Gasteiger partial charge in [0.15, 0.2) is 5.78 Å². The molecule has 1 aliphatic heterocycles. The lowest BCUT2D eigenvalue weighted by Crippen LogP contribution is -2.31. The SMILES string of the molecule is CC1(C)CC(=O)C2=C(C1)Nc1ccccc1NC2c1ccc(F)cc1. The van der Waals surface area contributed by atoms with Crippen LogP contribution >= 0.6 is 0 Å². The highest BCUT2D eigenvalue weighted by atomic mass is 19.1. The maximum atomic E-state index is 13.4. The second-order valence-corrected chi connectivity index (χ2v) is 7.63. The predicted octanol–water partition coefficient (Wildman–Crippen LogP) is 5.05. The fourth-order valence-electron chi connectivity index (χ4n) is 3.79. The van der Waals surface area contributed by atoms with Crippen molar-refractivity contribution in [2.75, 3.05) is 10.6 Å². The van der Waals surface area contributed by atoms with Crippen molar-refractivity contribution in [3.8, 4) is 0 Å². The van der Waals surface area contributed by atoms with Crippen LogP contribution in [0.4, 0.5) is 15.8 Å². The van der Waals surface area contributed by atoms with E-state index in [1.165, 1.54) is 12.1 Å². The van der Waals surface area contributed by atoms with Gasteiger partial charge in [-0.15, -0.1) is 0 Å². The Kier molecular flexibility index (Phi) is 3.64. The molecule has 1 atom stereocenters. The van der Waals surface area contributed by atoms with Gasteiger partial charge in [-0.1, -0.05) is 38.1 Å². The van der Waals surface area contributed by atoms with E-state index in [9.17, 15) is 9.18 Å². The third-order valence-corrected chi connectivity index (χ3v) is 4.92. The van der Waals surface area contributed by atoms with E-state index >= 15 is 0 Å². The number of hydrogen-bond donors (Lipinski definition) is 2. The number of allylic oxidation sites excluding steroid dienone is 1. The third kappa shape index (κ3) is 2.93. The highest BCUT2D eigenvalue weighted by Crippen LogP contribution is 2.45. The molecule has 3 nitrogen and oxygen atoms in total. The molecule has 0 saturated carbocycles. The summed E-state index contributed by atoms with van der Waals surface area (Å²) in [6.45, 7) is 4.24. The van der Waals surface area contributed by atoms with E-state index in [0.717, 1.165) is 34.6 Å². The lowest BCUT2D eigenvalue weighted by Gasteiger charge is -2.34. The van der Waals surface area contributed by atoms with Crippen molar-refractivity contribution < 1.29 is 9.18 Å². The zero-order valence-corrected chi connectivity index (χ0v) is 14.4. The van der Waals surface area contributed by atoms with Gasteiger partial charge in [0.25, 0.3) is 0 Å². The molecule has 1 unspecified atom stereocenters. The van der Waals surface area contributed by atoms with Crippen molar-refractivity contribution in [3.05, 3.63) is 71.2 Å². The average molecular weight is 336 g/mol. The van der Waals surface area contributed by atoms with Crippen LogP contribution in [0.15, 0.2) is 59.8 Å². The van der Waals surface area contributed by atoms with Gasteiger partial charge in [-0.05, 0) is 41.7 Å². The molecule has 2 aromatic rings. The van der Waals surface area contributed by atoms with Crippen LogP contribution in [0.3, 0.4) is 0 Å².